The molecule has 10 nitrogen and oxygen atoms in total. The molecule has 3 aliphatic rings. The summed E-state index contributed by atoms with van der Waals surface area (Å²) in [5.41, 5.74) is 2.61. The van der Waals surface area contributed by atoms with E-state index in [4.69, 9.17) is 24.3 Å². The highest BCUT2D eigenvalue weighted by molar-refractivity contribution is 7.93. The first kappa shape index (κ1) is 30.1. The molecule has 6 rings (SSSR count). The first-order chi connectivity index (χ1) is 20.7. The summed E-state index contributed by atoms with van der Waals surface area (Å²) in [7, 11) is -2.98. The molecule has 0 radical (unpaired) electrons. The standard InChI is InChI=1S/C31H42N6O4S2/c1-19(2)41-31(38)35-22-9-7-21(8-10-22)30-33-18-26(42-30)25-14-11-23(17-27(25)43(32,39)24-12-13-24)34-28-16-20(3)37(36-28)29-6-4-5-15-40-29/h11,14,16-19,21-22,24,29,32H,4-10,12-13,15H2,1-3H3,(H,34,36)(H,35,38)/t21-,22-,29?,43?. The first-order valence-corrected chi connectivity index (χ1v) is 17.9. The molecule has 3 N–H and O–H groups in total. The maximum Gasteiger partial charge on any atom is 0.407 e. The predicted molar refractivity (Wildman–Crippen MR) is 169 cm³/mol. The van der Waals surface area contributed by atoms with E-state index in [-0.39, 0.29) is 29.7 Å². The highest BCUT2D eigenvalue weighted by Gasteiger charge is 2.36. The second kappa shape index (κ2) is 12.6. The van der Waals surface area contributed by atoms with Gasteiger partial charge in [0.15, 0.2) is 12.0 Å². The minimum atomic E-state index is -2.98. The summed E-state index contributed by atoms with van der Waals surface area (Å²) in [4.78, 5) is 18.3. The minimum Gasteiger partial charge on any atom is -0.447 e. The van der Waals surface area contributed by atoms with Crippen molar-refractivity contribution in [1.82, 2.24) is 20.1 Å². The largest absolute Gasteiger partial charge is 0.447 e. The Kier molecular flexibility index (Phi) is 8.79. The monoisotopic (exact) mass is 626 g/mol. The molecule has 3 heterocycles. The lowest BCUT2D eigenvalue weighted by atomic mass is 9.86. The van der Waals surface area contributed by atoms with Crippen LogP contribution in [0.15, 0.2) is 35.4 Å². The van der Waals surface area contributed by atoms with Crippen LogP contribution in [-0.2, 0) is 19.2 Å². The van der Waals surface area contributed by atoms with Gasteiger partial charge in [-0.25, -0.2) is 23.4 Å². The number of aromatic nitrogens is 3. The van der Waals surface area contributed by atoms with Crippen molar-refractivity contribution in [2.75, 3.05) is 11.9 Å². The zero-order valence-electron chi connectivity index (χ0n) is 25.1. The molecular weight excluding hydrogens is 585 g/mol. The van der Waals surface area contributed by atoms with E-state index in [0.717, 1.165) is 91.2 Å². The molecule has 1 amide bonds. The van der Waals surface area contributed by atoms with Crippen LogP contribution in [-0.4, -0.2) is 49.1 Å². The van der Waals surface area contributed by atoms with Gasteiger partial charge < -0.3 is 20.1 Å². The number of carbonyl (C=O) groups is 1. The SMILES string of the molecule is Cc1cc(Nc2ccc(-c3cnc([C@H]4CC[C@H](NC(=O)OC(C)C)CC4)s3)c(S(=N)(=O)C3CC3)c2)nn1C1CCCCO1. The lowest BCUT2D eigenvalue weighted by molar-refractivity contribution is -0.0404. The van der Waals surface area contributed by atoms with E-state index >= 15 is 0 Å². The Balaban J connectivity index is 1.19. The fourth-order valence-electron chi connectivity index (χ4n) is 6.04. The van der Waals surface area contributed by atoms with Crippen molar-refractivity contribution in [2.45, 2.75) is 113 Å². The van der Waals surface area contributed by atoms with Crippen molar-refractivity contribution < 1.29 is 18.5 Å². The molecule has 3 aromatic rings. The zero-order valence-corrected chi connectivity index (χ0v) is 26.8. The zero-order chi connectivity index (χ0) is 30.1. The molecule has 2 atom stereocenters. The number of hydrogen-bond acceptors (Lipinski definition) is 9. The van der Waals surface area contributed by atoms with E-state index in [9.17, 15) is 9.00 Å². The highest BCUT2D eigenvalue weighted by atomic mass is 32.2. The van der Waals surface area contributed by atoms with Crippen molar-refractivity contribution in [3.05, 3.63) is 41.2 Å². The molecule has 2 aliphatic carbocycles. The number of alkyl carbamates (subject to hydrolysis) is 1. The van der Waals surface area contributed by atoms with Gasteiger partial charge in [-0.05, 0) is 90.7 Å². The van der Waals surface area contributed by atoms with Gasteiger partial charge >= 0.3 is 6.09 Å². The molecule has 0 bridgehead atoms. The highest BCUT2D eigenvalue weighted by Crippen LogP contribution is 2.43. The predicted octanol–water partition coefficient (Wildman–Crippen LogP) is 7.49. The van der Waals surface area contributed by atoms with Gasteiger partial charge in [0, 0.05) is 53.0 Å². The summed E-state index contributed by atoms with van der Waals surface area (Å²) >= 11 is 1.63. The maximum absolute atomic E-state index is 13.9. The Labute approximate surface area is 257 Å². The summed E-state index contributed by atoms with van der Waals surface area (Å²) in [5, 5.41) is 12.1. The minimum absolute atomic E-state index is 0.0442. The molecule has 1 aliphatic heterocycles. The van der Waals surface area contributed by atoms with E-state index < -0.39 is 9.73 Å². The number of hydrogen-bond donors (Lipinski definition) is 3. The van der Waals surface area contributed by atoms with Gasteiger partial charge in [-0.3, -0.25) is 0 Å². The molecule has 0 spiro atoms. The van der Waals surface area contributed by atoms with E-state index in [1.54, 1.807) is 11.3 Å². The molecule has 2 unspecified atom stereocenters. The average Bonchev–Trinajstić information content (AvgIpc) is 3.64. The van der Waals surface area contributed by atoms with Gasteiger partial charge in [0.05, 0.1) is 30.6 Å². The molecule has 3 fully saturated rings. The van der Waals surface area contributed by atoms with Gasteiger partial charge in [0.1, 0.15) is 0 Å². The van der Waals surface area contributed by atoms with Gasteiger partial charge in [-0.1, -0.05) is 6.07 Å². The number of rotatable bonds is 9. The number of nitrogens with zero attached hydrogens (tertiary/aromatic N) is 3. The van der Waals surface area contributed by atoms with Crippen molar-refractivity contribution in [2.24, 2.45) is 0 Å². The molecule has 1 saturated heterocycles. The van der Waals surface area contributed by atoms with E-state index in [1.807, 2.05) is 55.9 Å². The lowest BCUT2D eigenvalue weighted by Gasteiger charge is -2.28. The van der Waals surface area contributed by atoms with Crippen LogP contribution in [0.4, 0.5) is 16.3 Å². The number of anilines is 2. The van der Waals surface area contributed by atoms with Crippen LogP contribution in [0.1, 0.15) is 94.5 Å². The Bertz CT molecular complexity index is 1550. The second-order valence-electron chi connectivity index (χ2n) is 12.3. The van der Waals surface area contributed by atoms with E-state index in [0.29, 0.717) is 16.6 Å². The first-order valence-electron chi connectivity index (χ1n) is 15.5. The number of thiazole rings is 1. The van der Waals surface area contributed by atoms with Crippen LogP contribution in [0.2, 0.25) is 0 Å². The maximum atomic E-state index is 13.9. The summed E-state index contributed by atoms with van der Waals surface area (Å²) in [6.07, 6.45) is 9.76. The van der Waals surface area contributed by atoms with Crippen LogP contribution in [0.25, 0.3) is 10.4 Å². The number of aryl methyl sites for hydroxylation is 1. The van der Waals surface area contributed by atoms with Gasteiger partial charge in [0.25, 0.3) is 0 Å². The van der Waals surface area contributed by atoms with Gasteiger partial charge in [-0.2, -0.15) is 5.10 Å². The third-order valence-corrected chi connectivity index (χ3v) is 12.1. The Morgan fingerprint density at radius 1 is 1.14 bits per heavy atom. The fraction of sp³-hybridized carbons (Fsp3) is 0.581. The summed E-state index contributed by atoms with van der Waals surface area (Å²) < 4.78 is 35.9. The summed E-state index contributed by atoms with van der Waals surface area (Å²) in [5.74, 6) is 1.02. The quantitative estimate of drug-likeness (QED) is 0.224. The van der Waals surface area contributed by atoms with Crippen LogP contribution in [0.5, 0.6) is 0 Å². The van der Waals surface area contributed by atoms with Crippen molar-refractivity contribution >= 4 is 38.7 Å². The molecule has 12 heteroatoms. The fourth-order valence-corrected chi connectivity index (χ4v) is 9.20. The topological polar surface area (TPSA) is 131 Å². The van der Waals surface area contributed by atoms with Gasteiger partial charge in [0.2, 0.25) is 0 Å². The molecule has 232 valence electrons. The molecule has 43 heavy (non-hydrogen) atoms. The van der Waals surface area contributed by atoms with Crippen molar-refractivity contribution in [3.63, 3.8) is 0 Å². The van der Waals surface area contributed by atoms with Crippen LogP contribution >= 0.6 is 11.3 Å². The molecule has 2 aromatic heterocycles. The van der Waals surface area contributed by atoms with Crippen LogP contribution < -0.4 is 10.6 Å². The average molecular weight is 627 g/mol. The molecule has 2 saturated carbocycles. The number of amides is 1. The molecular formula is C31H42N6O4S2. The summed E-state index contributed by atoms with van der Waals surface area (Å²) in [6, 6.07) is 7.93. The summed E-state index contributed by atoms with van der Waals surface area (Å²) in [6.45, 7) is 6.47. The van der Waals surface area contributed by atoms with Gasteiger partial charge in [-0.15, -0.1) is 11.3 Å². The Hall–Kier alpha value is -2.96. The van der Waals surface area contributed by atoms with Crippen LogP contribution in [0.3, 0.4) is 0 Å². The molecule has 1 aromatic carbocycles. The second-order valence-corrected chi connectivity index (χ2v) is 15.7. The van der Waals surface area contributed by atoms with Crippen LogP contribution in [0, 0.1) is 11.7 Å². The Morgan fingerprint density at radius 2 is 1.93 bits per heavy atom. The van der Waals surface area contributed by atoms with E-state index in [1.165, 1.54) is 0 Å². The smallest absolute Gasteiger partial charge is 0.407 e. The number of benzene rings is 1. The van der Waals surface area contributed by atoms with Crippen molar-refractivity contribution in [3.8, 4) is 10.4 Å². The number of ether oxygens (including phenoxy) is 2. The third-order valence-electron chi connectivity index (χ3n) is 8.46. The Morgan fingerprint density at radius 3 is 2.63 bits per heavy atom. The normalized spacial score (nSPS) is 24.0. The number of carbonyl (C=O) groups excluding carboxylic acids is 1. The van der Waals surface area contributed by atoms with E-state index in [2.05, 4.69) is 10.6 Å². The van der Waals surface area contributed by atoms with Crippen molar-refractivity contribution in [1.29, 1.82) is 4.78 Å². The lowest BCUT2D eigenvalue weighted by Crippen LogP contribution is -2.38. The third kappa shape index (κ3) is 6.91. The number of nitrogens with one attached hydrogen (secondary N) is 3.